The van der Waals surface area contributed by atoms with Gasteiger partial charge in [0, 0.05) is 26.2 Å². The Hall–Kier alpha value is -1.42. The van der Waals surface area contributed by atoms with Gasteiger partial charge in [-0.15, -0.1) is 34.0 Å². The number of fused-ring (bicyclic) bond motifs is 3. The number of imidazole rings is 2. The van der Waals surface area contributed by atoms with Crippen LogP contribution >= 0.6 is 34.0 Å². The second-order valence-corrected chi connectivity index (χ2v) is 6.27. The first-order chi connectivity index (χ1) is 12.2. The fraction of sp³-hybridized carbons (Fsp3) is 0.444. The molecule has 3 aromatic rings. The summed E-state index contributed by atoms with van der Waals surface area (Å²) in [6.07, 6.45) is 0. The van der Waals surface area contributed by atoms with Crippen LogP contribution in [0.25, 0.3) is 16.8 Å². The average Bonchev–Trinajstić information content (AvgIpc) is 3.13. The molecule has 0 spiro atoms. The lowest BCUT2D eigenvalue weighted by molar-refractivity contribution is 0.0366. The smallest absolute Gasteiger partial charge is 0.357 e. The van der Waals surface area contributed by atoms with E-state index < -0.39 is 0 Å². The quantitative estimate of drug-likeness (QED) is 0.512. The standard InChI is InChI=1S/C18H22N4O3.2BrH/c1-13-16(17(23)24-2)22-15-6-4-3-5-14(15)21(18(22)19-13)8-7-20-9-11-25-12-10-20;;/h3-6H,7-12H2,1-2H3;2*1H. The molecule has 0 atom stereocenters. The first-order valence-corrected chi connectivity index (χ1v) is 8.55. The molecule has 0 amide bonds. The number of nitrogens with zero attached hydrogens (tertiary/aromatic N) is 4. The molecule has 1 aliphatic rings. The number of rotatable bonds is 4. The van der Waals surface area contributed by atoms with Gasteiger partial charge in [0.2, 0.25) is 5.78 Å². The van der Waals surface area contributed by atoms with Crippen molar-refractivity contribution in [2.24, 2.45) is 0 Å². The summed E-state index contributed by atoms with van der Waals surface area (Å²) < 4.78 is 14.5. The van der Waals surface area contributed by atoms with E-state index in [0.717, 1.165) is 56.2 Å². The van der Waals surface area contributed by atoms with Gasteiger partial charge < -0.3 is 14.0 Å². The van der Waals surface area contributed by atoms with Crippen LogP contribution in [0, 0.1) is 6.92 Å². The summed E-state index contributed by atoms with van der Waals surface area (Å²) >= 11 is 0. The summed E-state index contributed by atoms with van der Waals surface area (Å²) in [7, 11) is 1.40. The predicted octanol–water partition coefficient (Wildman–Crippen LogP) is 2.87. The zero-order valence-electron chi connectivity index (χ0n) is 15.4. The summed E-state index contributed by atoms with van der Waals surface area (Å²) in [6, 6.07) is 8.07. The Kier molecular flexibility index (Phi) is 7.44. The van der Waals surface area contributed by atoms with Crippen molar-refractivity contribution >= 4 is 56.7 Å². The number of hydrogen-bond acceptors (Lipinski definition) is 5. The number of ether oxygens (including phenoxy) is 2. The normalized spacial score (nSPS) is 14.7. The molecule has 27 heavy (non-hydrogen) atoms. The molecular weight excluding hydrogens is 480 g/mol. The highest BCUT2D eigenvalue weighted by molar-refractivity contribution is 8.93. The molecular formula is C18H24Br2N4O3. The SMILES string of the molecule is Br.Br.COC(=O)c1c(C)nc2n(CCN3CCOCC3)c3ccccc3n12. The molecule has 0 unspecified atom stereocenters. The number of carbonyl (C=O) groups excluding carboxylic acids is 1. The number of halogens is 2. The molecule has 2 aromatic heterocycles. The topological polar surface area (TPSA) is 61.0 Å². The third-order valence-corrected chi connectivity index (χ3v) is 4.81. The molecule has 0 radical (unpaired) electrons. The van der Waals surface area contributed by atoms with Gasteiger partial charge in [0.25, 0.3) is 0 Å². The van der Waals surface area contributed by atoms with E-state index in [4.69, 9.17) is 9.47 Å². The summed E-state index contributed by atoms with van der Waals surface area (Å²) in [5.74, 6) is 0.424. The largest absolute Gasteiger partial charge is 0.464 e. The van der Waals surface area contributed by atoms with Gasteiger partial charge in [-0.3, -0.25) is 9.30 Å². The minimum absolute atomic E-state index is 0. The minimum atomic E-state index is -0.360. The molecule has 0 bridgehead atoms. The van der Waals surface area contributed by atoms with Crippen molar-refractivity contribution < 1.29 is 14.3 Å². The maximum Gasteiger partial charge on any atom is 0.357 e. The highest BCUT2D eigenvalue weighted by Crippen LogP contribution is 2.24. The summed E-state index contributed by atoms with van der Waals surface area (Å²) in [5, 5.41) is 0. The molecule has 3 heterocycles. The van der Waals surface area contributed by atoms with Gasteiger partial charge in [-0.25, -0.2) is 9.78 Å². The first-order valence-electron chi connectivity index (χ1n) is 8.55. The van der Waals surface area contributed by atoms with Gasteiger partial charge in [-0.05, 0) is 19.1 Å². The second kappa shape index (κ2) is 9.18. The van der Waals surface area contributed by atoms with Gasteiger partial charge in [-0.1, -0.05) is 12.1 Å². The van der Waals surface area contributed by atoms with Crippen LogP contribution in [0.5, 0.6) is 0 Å². The lowest BCUT2D eigenvalue weighted by Crippen LogP contribution is -2.38. The van der Waals surface area contributed by atoms with Crippen LogP contribution in [0.3, 0.4) is 0 Å². The molecule has 0 N–H and O–H groups in total. The number of esters is 1. The van der Waals surface area contributed by atoms with Crippen LogP contribution in [-0.4, -0.2) is 64.8 Å². The Labute approximate surface area is 178 Å². The average molecular weight is 504 g/mol. The van der Waals surface area contributed by atoms with Gasteiger partial charge >= 0.3 is 5.97 Å². The van der Waals surface area contributed by atoms with Crippen molar-refractivity contribution in [3.8, 4) is 0 Å². The van der Waals surface area contributed by atoms with Gasteiger partial charge in [-0.2, -0.15) is 0 Å². The molecule has 1 aliphatic heterocycles. The molecule has 0 aliphatic carbocycles. The number of para-hydroxylation sites is 2. The van der Waals surface area contributed by atoms with Crippen LogP contribution in [-0.2, 0) is 16.0 Å². The van der Waals surface area contributed by atoms with E-state index in [1.165, 1.54) is 7.11 Å². The first kappa shape index (κ1) is 21.9. The van der Waals surface area contributed by atoms with E-state index in [0.29, 0.717) is 11.4 Å². The zero-order chi connectivity index (χ0) is 17.4. The number of aromatic nitrogens is 3. The third kappa shape index (κ3) is 3.91. The second-order valence-electron chi connectivity index (χ2n) is 6.27. The summed E-state index contributed by atoms with van der Waals surface area (Å²) in [6.45, 7) is 7.08. The molecule has 0 saturated carbocycles. The van der Waals surface area contributed by atoms with Crippen LogP contribution in [0.15, 0.2) is 24.3 Å². The molecule has 148 valence electrons. The van der Waals surface area contributed by atoms with E-state index in [-0.39, 0.29) is 39.9 Å². The van der Waals surface area contributed by atoms with E-state index >= 15 is 0 Å². The van der Waals surface area contributed by atoms with Crippen molar-refractivity contribution in [1.29, 1.82) is 0 Å². The van der Waals surface area contributed by atoms with Crippen molar-refractivity contribution in [3.05, 3.63) is 35.7 Å². The van der Waals surface area contributed by atoms with Gasteiger partial charge in [0.05, 0.1) is 37.1 Å². The Morgan fingerprint density at radius 3 is 2.48 bits per heavy atom. The molecule has 7 nitrogen and oxygen atoms in total. The molecule has 1 aromatic carbocycles. The number of aryl methyl sites for hydroxylation is 1. The van der Waals surface area contributed by atoms with Crippen LogP contribution in [0.2, 0.25) is 0 Å². The van der Waals surface area contributed by atoms with Crippen molar-refractivity contribution in [1.82, 2.24) is 18.9 Å². The van der Waals surface area contributed by atoms with Crippen LogP contribution in [0.4, 0.5) is 0 Å². The minimum Gasteiger partial charge on any atom is -0.464 e. The Bertz CT molecular complexity index is 932. The Morgan fingerprint density at radius 2 is 1.81 bits per heavy atom. The summed E-state index contributed by atoms with van der Waals surface area (Å²) in [5.41, 5.74) is 3.23. The van der Waals surface area contributed by atoms with E-state index in [9.17, 15) is 4.79 Å². The number of benzene rings is 1. The fourth-order valence-corrected chi connectivity index (χ4v) is 3.54. The highest BCUT2D eigenvalue weighted by Gasteiger charge is 2.23. The molecule has 9 heteroatoms. The molecule has 4 rings (SSSR count). The monoisotopic (exact) mass is 502 g/mol. The lowest BCUT2D eigenvalue weighted by Gasteiger charge is -2.26. The van der Waals surface area contributed by atoms with Crippen molar-refractivity contribution in [2.45, 2.75) is 13.5 Å². The van der Waals surface area contributed by atoms with Crippen molar-refractivity contribution in [2.75, 3.05) is 40.0 Å². The van der Waals surface area contributed by atoms with Gasteiger partial charge in [0.1, 0.15) is 0 Å². The molecule has 1 fully saturated rings. The zero-order valence-corrected chi connectivity index (χ0v) is 18.8. The van der Waals surface area contributed by atoms with E-state index in [2.05, 4.69) is 20.5 Å². The number of morpholine rings is 1. The van der Waals surface area contributed by atoms with Crippen LogP contribution < -0.4 is 0 Å². The van der Waals surface area contributed by atoms with Crippen molar-refractivity contribution in [3.63, 3.8) is 0 Å². The molecule has 1 saturated heterocycles. The predicted molar refractivity (Wildman–Crippen MR) is 115 cm³/mol. The highest BCUT2D eigenvalue weighted by atomic mass is 79.9. The maximum atomic E-state index is 12.3. The lowest BCUT2D eigenvalue weighted by atomic mass is 10.3. The fourth-order valence-electron chi connectivity index (χ4n) is 3.54. The number of carbonyl (C=O) groups is 1. The maximum absolute atomic E-state index is 12.3. The summed E-state index contributed by atoms with van der Waals surface area (Å²) in [4.78, 5) is 19.3. The number of methoxy groups -OCH3 is 1. The van der Waals surface area contributed by atoms with Gasteiger partial charge in [0.15, 0.2) is 5.69 Å². The Morgan fingerprint density at radius 1 is 1.15 bits per heavy atom. The Balaban J connectivity index is 0.00000131. The third-order valence-electron chi connectivity index (χ3n) is 4.81. The van der Waals surface area contributed by atoms with Crippen LogP contribution in [0.1, 0.15) is 16.2 Å². The van der Waals surface area contributed by atoms with E-state index in [1.54, 1.807) is 0 Å². The van der Waals surface area contributed by atoms with E-state index in [1.807, 2.05) is 29.5 Å². The number of hydrogen-bond donors (Lipinski definition) is 0.